The largest absolute Gasteiger partial charge is 0.497 e. The molecule has 3 rings (SSSR count). The molecule has 0 saturated carbocycles. The highest BCUT2D eigenvalue weighted by Gasteiger charge is 2.13. The molecule has 0 radical (unpaired) electrons. The van der Waals surface area contributed by atoms with E-state index in [-0.39, 0.29) is 0 Å². The monoisotopic (exact) mass is 386 g/mol. The first kappa shape index (κ1) is 18.5. The van der Waals surface area contributed by atoms with E-state index in [2.05, 4.69) is 39.9 Å². The van der Waals surface area contributed by atoms with Gasteiger partial charge in [-0.05, 0) is 59.9 Å². The Labute approximate surface area is 163 Å². The molecular weight excluding hydrogens is 364 g/mol. The zero-order chi connectivity index (χ0) is 18.2. The Balaban J connectivity index is 1.55. The molecule has 2 heterocycles. The van der Waals surface area contributed by atoms with Gasteiger partial charge in [-0.3, -0.25) is 0 Å². The number of nitrogens with zero attached hydrogens (tertiary/aromatic N) is 1. The van der Waals surface area contributed by atoms with Crippen molar-refractivity contribution in [2.45, 2.75) is 19.5 Å². The summed E-state index contributed by atoms with van der Waals surface area (Å²) in [5, 5.41) is 6.20. The average molecular weight is 387 g/mol. The van der Waals surface area contributed by atoms with E-state index >= 15 is 0 Å². The molecule has 0 amide bonds. The maximum atomic E-state index is 5.63. The number of rotatable bonds is 8. The van der Waals surface area contributed by atoms with Crippen LogP contribution in [0.15, 0.2) is 64.6 Å². The molecule has 0 unspecified atom stereocenters. The van der Waals surface area contributed by atoms with Gasteiger partial charge in [-0.1, -0.05) is 18.2 Å². The van der Waals surface area contributed by atoms with Crippen LogP contribution in [-0.4, -0.2) is 23.7 Å². The highest BCUT2D eigenvalue weighted by Crippen LogP contribution is 2.15. The molecule has 26 heavy (non-hydrogen) atoms. The molecule has 0 bridgehead atoms. The molecule has 0 atom stereocenters. The van der Waals surface area contributed by atoms with E-state index in [1.54, 1.807) is 24.7 Å². The molecule has 1 aromatic carbocycles. The van der Waals surface area contributed by atoms with Crippen molar-refractivity contribution in [3.8, 4) is 5.75 Å². The van der Waals surface area contributed by atoms with Crippen molar-refractivity contribution in [3.63, 3.8) is 0 Å². The van der Waals surface area contributed by atoms with Crippen LogP contribution in [0.1, 0.15) is 16.2 Å². The van der Waals surface area contributed by atoms with Crippen molar-refractivity contribution in [2.75, 3.05) is 13.7 Å². The highest BCUT2D eigenvalue weighted by molar-refractivity contribution is 7.80. The van der Waals surface area contributed by atoms with Gasteiger partial charge in [-0.15, -0.1) is 11.3 Å². The summed E-state index contributed by atoms with van der Waals surface area (Å²) < 4.78 is 10.7. The molecule has 0 aliphatic rings. The van der Waals surface area contributed by atoms with Crippen molar-refractivity contribution < 1.29 is 9.15 Å². The summed E-state index contributed by atoms with van der Waals surface area (Å²) >= 11 is 7.37. The van der Waals surface area contributed by atoms with Gasteiger partial charge >= 0.3 is 0 Å². The fraction of sp³-hybridized carbons (Fsp3) is 0.250. The molecule has 0 saturated heterocycles. The van der Waals surface area contributed by atoms with Crippen LogP contribution in [0.4, 0.5) is 0 Å². The summed E-state index contributed by atoms with van der Waals surface area (Å²) in [5.41, 5.74) is 1.25. The van der Waals surface area contributed by atoms with E-state index in [9.17, 15) is 0 Å². The quantitative estimate of drug-likeness (QED) is 0.578. The number of furan rings is 1. The van der Waals surface area contributed by atoms with Crippen molar-refractivity contribution in [3.05, 3.63) is 76.4 Å². The highest BCUT2D eigenvalue weighted by atomic mass is 32.1. The van der Waals surface area contributed by atoms with Gasteiger partial charge in [0.05, 0.1) is 26.5 Å². The maximum absolute atomic E-state index is 5.63. The Morgan fingerprint density at radius 1 is 1.15 bits per heavy atom. The molecular formula is C20H22N2O2S2. The standard InChI is InChI=1S/C20H22N2O2S2/c1-23-17-8-6-16(7-9-17)10-11-21-20(25)22(14-18-4-2-12-24-18)15-19-5-3-13-26-19/h2-9,12-13H,10-11,14-15H2,1H3,(H,21,25). The minimum Gasteiger partial charge on any atom is -0.497 e. The van der Waals surface area contributed by atoms with Crippen LogP contribution in [0, 0.1) is 0 Å². The number of hydrogen-bond acceptors (Lipinski definition) is 4. The second-order valence-electron chi connectivity index (χ2n) is 5.84. The summed E-state index contributed by atoms with van der Waals surface area (Å²) in [4.78, 5) is 3.41. The fourth-order valence-electron chi connectivity index (χ4n) is 2.60. The topological polar surface area (TPSA) is 37.6 Å². The second kappa shape index (κ2) is 9.40. The van der Waals surface area contributed by atoms with Crippen LogP contribution in [0.5, 0.6) is 5.75 Å². The van der Waals surface area contributed by atoms with E-state index in [1.807, 2.05) is 24.3 Å². The number of thiophene rings is 1. The van der Waals surface area contributed by atoms with Crippen LogP contribution in [0.2, 0.25) is 0 Å². The van der Waals surface area contributed by atoms with Crippen LogP contribution in [0.3, 0.4) is 0 Å². The number of ether oxygens (including phenoxy) is 1. The summed E-state index contributed by atoms with van der Waals surface area (Å²) in [6.45, 7) is 2.20. The van der Waals surface area contributed by atoms with Gasteiger partial charge in [0.1, 0.15) is 11.5 Å². The lowest BCUT2D eigenvalue weighted by atomic mass is 10.1. The third kappa shape index (κ3) is 5.34. The lowest BCUT2D eigenvalue weighted by Gasteiger charge is -2.24. The Morgan fingerprint density at radius 3 is 2.65 bits per heavy atom. The van der Waals surface area contributed by atoms with Gasteiger partial charge in [0, 0.05) is 11.4 Å². The van der Waals surface area contributed by atoms with Gasteiger partial charge in [-0.2, -0.15) is 0 Å². The van der Waals surface area contributed by atoms with E-state index in [4.69, 9.17) is 21.4 Å². The van der Waals surface area contributed by atoms with Crippen LogP contribution in [0.25, 0.3) is 0 Å². The molecule has 3 aromatic rings. The van der Waals surface area contributed by atoms with Gasteiger partial charge in [0.15, 0.2) is 5.11 Å². The van der Waals surface area contributed by atoms with E-state index in [0.717, 1.165) is 36.1 Å². The Kier molecular flexibility index (Phi) is 6.68. The SMILES string of the molecule is COc1ccc(CCNC(=S)N(Cc2ccco2)Cc2cccs2)cc1. The zero-order valence-electron chi connectivity index (χ0n) is 14.7. The lowest BCUT2D eigenvalue weighted by Crippen LogP contribution is -2.39. The zero-order valence-corrected chi connectivity index (χ0v) is 16.3. The van der Waals surface area contributed by atoms with E-state index in [0.29, 0.717) is 6.54 Å². The third-order valence-corrected chi connectivity index (χ3v) is 5.25. The molecule has 2 aromatic heterocycles. The number of methoxy groups -OCH3 is 1. The predicted molar refractivity (Wildman–Crippen MR) is 110 cm³/mol. The number of hydrogen-bond donors (Lipinski definition) is 1. The van der Waals surface area contributed by atoms with Crippen LogP contribution < -0.4 is 10.1 Å². The van der Waals surface area contributed by atoms with Crippen molar-refractivity contribution in [1.82, 2.24) is 10.2 Å². The minimum absolute atomic E-state index is 0.652. The first-order chi connectivity index (χ1) is 12.7. The summed E-state index contributed by atoms with van der Waals surface area (Å²) in [7, 11) is 1.68. The van der Waals surface area contributed by atoms with Gasteiger partial charge in [0.25, 0.3) is 0 Å². The first-order valence-corrected chi connectivity index (χ1v) is 9.74. The van der Waals surface area contributed by atoms with Gasteiger partial charge in [-0.25, -0.2) is 0 Å². The van der Waals surface area contributed by atoms with Crippen molar-refractivity contribution in [1.29, 1.82) is 0 Å². The average Bonchev–Trinajstić information content (AvgIpc) is 3.36. The Hall–Kier alpha value is -2.31. The summed E-state index contributed by atoms with van der Waals surface area (Å²) in [6.07, 6.45) is 2.59. The molecule has 4 nitrogen and oxygen atoms in total. The van der Waals surface area contributed by atoms with Crippen LogP contribution in [-0.2, 0) is 19.5 Å². The van der Waals surface area contributed by atoms with Crippen molar-refractivity contribution in [2.24, 2.45) is 0 Å². The second-order valence-corrected chi connectivity index (χ2v) is 7.26. The number of thiocarbonyl (C=S) groups is 1. The molecule has 6 heteroatoms. The molecule has 0 aliphatic carbocycles. The normalized spacial score (nSPS) is 10.5. The van der Waals surface area contributed by atoms with Gasteiger partial charge < -0.3 is 19.4 Å². The fourth-order valence-corrected chi connectivity index (χ4v) is 3.55. The Bertz CT molecular complexity index is 748. The lowest BCUT2D eigenvalue weighted by molar-refractivity contribution is 0.354. The third-order valence-electron chi connectivity index (χ3n) is 3.99. The minimum atomic E-state index is 0.652. The summed E-state index contributed by atoms with van der Waals surface area (Å²) in [6, 6.07) is 16.2. The summed E-state index contributed by atoms with van der Waals surface area (Å²) in [5.74, 6) is 1.78. The molecule has 0 aliphatic heterocycles. The maximum Gasteiger partial charge on any atom is 0.169 e. The molecule has 0 fully saturated rings. The smallest absolute Gasteiger partial charge is 0.169 e. The van der Waals surface area contributed by atoms with Crippen LogP contribution >= 0.6 is 23.6 Å². The first-order valence-electron chi connectivity index (χ1n) is 8.45. The Morgan fingerprint density at radius 2 is 2.00 bits per heavy atom. The molecule has 1 N–H and O–H groups in total. The number of nitrogens with one attached hydrogen (secondary N) is 1. The van der Waals surface area contributed by atoms with E-state index < -0.39 is 0 Å². The predicted octanol–water partition coefficient (Wildman–Crippen LogP) is 4.47. The molecule has 136 valence electrons. The molecule has 0 spiro atoms. The van der Waals surface area contributed by atoms with Gasteiger partial charge in [0.2, 0.25) is 0 Å². The van der Waals surface area contributed by atoms with Crippen molar-refractivity contribution >= 4 is 28.7 Å². The number of benzene rings is 1. The van der Waals surface area contributed by atoms with E-state index in [1.165, 1.54) is 10.4 Å².